The first-order valence-electron chi connectivity index (χ1n) is 10.9. The van der Waals surface area contributed by atoms with Gasteiger partial charge in [0.2, 0.25) is 6.79 Å². The van der Waals surface area contributed by atoms with Gasteiger partial charge in [0.15, 0.2) is 23.0 Å². The summed E-state index contributed by atoms with van der Waals surface area (Å²) in [7, 11) is 1.62. The van der Waals surface area contributed by atoms with E-state index in [2.05, 4.69) is 0 Å². The molecule has 2 aliphatic heterocycles. The Balaban J connectivity index is 1.45. The summed E-state index contributed by atoms with van der Waals surface area (Å²) in [5.74, 6) is 2.41. The van der Waals surface area contributed by atoms with Gasteiger partial charge in [0.1, 0.15) is 6.61 Å². The van der Waals surface area contributed by atoms with Crippen LogP contribution in [0.2, 0.25) is 0 Å². The topological polar surface area (TPSA) is 63.2 Å². The summed E-state index contributed by atoms with van der Waals surface area (Å²) in [6.45, 7) is 1.02. The summed E-state index contributed by atoms with van der Waals surface area (Å²) in [5, 5.41) is 0. The van der Waals surface area contributed by atoms with E-state index in [4.69, 9.17) is 23.7 Å². The zero-order chi connectivity index (χ0) is 22.4. The number of carbonyl (C=O) groups excluding carboxylic acids is 1. The Morgan fingerprint density at radius 3 is 2.64 bits per heavy atom. The van der Waals surface area contributed by atoms with E-state index in [-0.39, 0.29) is 18.7 Å². The second-order valence-electron chi connectivity index (χ2n) is 8.29. The van der Waals surface area contributed by atoms with Crippen molar-refractivity contribution in [2.75, 3.05) is 20.5 Å². The number of carbonyl (C=O) groups is 1. The molecule has 0 N–H and O–H groups in total. The van der Waals surface area contributed by atoms with Crippen molar-refractivity contribution < 1.29 is 28.5 Å². The van der Waals surface area contributed by atoms with Crippen molar-refractivity contribution in [2.24, 2.45) is 5.92 Å². The predicted octanol–water partition coefficient (Wildman–Crippen LogP) is 4.53. The van der Waals surface area contributed by atoms with Gasteiger partial charge in [-0.15, -0.1) is 0 Å². The number of methoxy groups -OCH3 is 1. The zero-order valence-corrected chi connectivity index (χ0v) is 18.1. The van der Waals surface area contributed by atoms with Crippen LogP contribution >= 0.6 is 0 Å². The number of esters is 1. The van der Waals surface area contributed by atoms with Gasteiger partial charge in [0.05, 0.1) is 19.3 Å². The SMILES string of the molecule is COc1cc2c(cc1OCc1ccccc1)CC1COC(=O)C1=C2c1ccc2c(c1)OCO2. The first kappa shape index (κ1) is 19.7. The largest absolute Gasteiger partial charge is 0.493 e. The molecule has 1 unspecified atom stereocenters. The Bertz CT molecular complexity index is 1280. The second-order valence-corrected chi connectivity index (χ2v) is 8.29. The molecule has 33 heavy (non-hydrogen) atoms. The van der Waals surface area contributed by atoms with E-state index in [0.717, 1.165) is 27.8 Å². The van der Waals surface area contributed by atoms with Gasteiger partial charge < -0.3 is 23.7 Å². The van der Waals surface area contributed by atoms with Gasteiger partial charge in [0.25, 0.3) is 0 Å². The highest BCUT2D eigenvalue weighted by molar-refractivity contribution is 6.05. The number of benzene rings is 3. The van der Waals surface area contributed by atoms with Crippen molar-refractivity contribution in [2.45, 2.75) is 13.0 Å². The molecular weight excluding hydrogens is 420 g/mol. The quantitative estimate of drug-likeness (QED) is 0.541. The highest BCUT2D eigenvalue weighted by Gasteiger charge is 2.39. The molecule has 166 valence electrons. The van der Waals surface area contributed by atoms with Crippen LogP contribution in [0.3, 0.4) is 0 Å². The molecular formula is C27H22O6. The third-order valence-electron chi connectivity index (χ3n) is 6.34. The lowest BCUT2D eigenvalue weighted by atomic mass is 9.77. The van der Waals surface area contributed by atoms with Crippen LogP contribution in [0.1, 0.15) is 22.3 Å². The van der Waals surface area contributed by atoms with Crippen LogP contribution in [0.5, 0.6) is 23.0 Å². The van der Waals surface area contributed by atoms with Gasteiger partial charge >= 0.3 is 5.97 Å². The third-order valence-corrected chi connectivity index (χ3v) is 6.34. The van der Waals surface area contributed by atoms with Crippen LogP contribution < -0.4 is 18.9 Å². The van der Waals surface area contributed by atoms with Gasteiger partial charge in [-0.3, -0.25) is 0 Å². The predicted molar refractivity (Wildman–Crippen MR) is 121 cm³/mol. The van der Waals surface area contributed by atoms with Crippen LogP contribution in [-0.4, -0.2) is 26.5 Å². The molecule has 0 radical (unpaired) electrons. The maximum Gasteiger partial charge on any atom is 0.335 e. The van der Waals surface area contributed by atoms with E-state index in [0.29, 0.717) is 48.2 Å². The summed E-state index contributed by atoms with van der Waals surface area (Å²) in [5.41, 5.74) is 5.58. The number of fused-ring (bicyclic) bond motifs is 3. The lowest BCUT2D eigenvalue weighted by molar-refractivity contribution is -0.135. The maximum absolute atomic E-state index is 12.7. The van der Waals surface area contributed by atoms with E-state index in [1.807, 2.05) is 60.7 Å². The smallest absolute Gasteiger partial charge is 0.335 e. The third kappa shape index (κ3) is 3.39. The fourth-order valence-electron chi connectivity index (χ4n) is 4.76. The minimum Gasteiger partial charge on any atom is -0.493 e. The van der Waals surface area contributed by atoms with Crippen molar-refractivity contribution in [3.63, 3.8) is 0 Å². The van der Waals surface area contributed by atoms with Crippen molar-refractivity contribution in [1.29, 1.82) is 0 Å². The van der Waals surface area contributed by atoms with Gasteiger partial charge in [0, 0.05) is 11.5 Å². The number of hydrogen-bond donors (Lipinski definition) is 0. The van der Waals surface area contributed by atoms with E-state index in [9.17, 15) is 4.79 Å². The van der Waals surface area contributed by atoms with Gasteiger partial charge in [-0.1, -0.05) is 36.4 Å². The molecule has 3 aliphatic rings. The van der Waals surface area contributed by atoms with E-state index >= 15 is 0 Å². The molecule has 2 heterocycles. The maximum atomic E-state index is 12.7. The molecule has 1 aliphatic carbocycles. The van der Waals surface area contributed by atoms with Crippen LogP contribution in [-0.2, 0) is 22.6 Å². The minimum atomic E-state index is -0.262. The monoisotopic (exact) mass is 442 g/mol. The van der Waals surface area contributed by atoms with Crippen molar-refractivity contribution in [1.82, 2.24) is 0 Å². The summed E-state index contributed by atoms with van der Waals surface area (Å²) in [6.07, 6.45) is 0.705. The summed E-state index contributed by atoms with van der Waals surface area (Å²) < 4.78 is 28.3. The highest BCUT2D eigenvalue weighted by Crippen LogP contribution is 2.47. The molecule has 6 rings (SSSR count). The lowest BCUT2D eigenvalue weighted by Gasteiger charge is -2.26. The second kappa shape index (κ2) is 7.89. The number of ether oxygens (including phenoxy) is 5. The highest BCUT2D eigenvalue weighted by atomic mass is 16.7. The Morgan fingerprint density at radius 2 is 1.79 bits per heavy atom. The Hall–Kier alpha value is -3.93. The van der Waals surface area contributed by atoms with Crippen molar-refractivity contribution >= 4 is 11.5 Å². The molecule has 1 atom stereocenters. The Kier molecular flexibility index (Phi) is 4.72. The normalized spacial score (nSPS) is 18.0. The van der Waals surface area contributed by atoms with Crippen LogP contribution in [0.25, 0.3) is 5.57 Å². The molecule has 0 aromatic heterocycles. The average Bonchev–Trinajstić information content (AvgIpc) is 3.47. The van der Waals surface area contributed by atoms with Crippen LogP contribution in [0.15, 0.2) is 66.2 Å². The van der Waals surface area contributed by atoms with Gasteiger partial charge in [-0.05, 0) is 52.9 Å². The number of hydrogen-bond acceptors (Lipinski definition) is 6. The van der Waals surface area contributed by atoms with E-state index in [1.165, 1.54) is 0 Å². The summed E-state index contributed by atoms with van der Waals surface area (Å²) in [4.78, 5) is 12.7. The molecule has 6 heteroatoms. The molecule has 3 aromatic rings. The van der Waals surface area contributed by atoms with Crippen LogP contribution in [0, 0.1) is 5.92 Å². The molecule has 0 spiro atoms. The van der Waals surface area contributed by atoms with Gasteiger partial charge in [-0.2, -0.15) is 0 Å². The van der Waals surface area contributed by atoms with E-state index < -0.39 is 0 Å². The van der Waals surface area contributed by atoms with E-state index in [1.54, 1.807) is 7.11 Å². The average molecular weight is 442 g/mol. The molecule has 6 nitrogen and oxygen atoms in total. The number of cyclic esters (lactones) is 1. The molecule has 0 amide bonds. The van der Waals surface area contributed by atoms with Crippen LogP contribution in [0.4, 0.5) is 0 Å². The molecule has 3 aromatic carbocycles. The van der Waals surface area contributed by atoms with Gasteiger partial charge in [-0.25, -0.2) is 4.79 Å². The standard InChI is InChI=1S/C27H22O6/c1-29-22-12-20-18(11-24(22)30-13-16-5-3-2-4-6-16)9-19-14-31-27(28)26(19)25(20)17-7-8-21-23(10-17)33-15-32-21/h2-8,10-12,19H,9,13-15H2,1H3. The summed E-state index contributed by atoms with van der Waals surface area (Å²) in [6, 6.07) is 19.8. The molecule has 1 saturated heterocycles. The zero-order valence-electron chi connectivity index (χ0n) is 18.1. The first-order valence-corrected chi connectivity index (χ1v) is 10.9. The fraction of sp³-hybridized carbons (Fsp3) is 0.222. The Labute approximate surface area is 191 Å². The molecule has 0 saturated carbocycles. The number of rotatable bonds is 5. The fourth-order valence-corrected chi connectivity index (χ4v) is 4.76. The first-order chi connectivity index (χ1) is 16.2. The molecule has 1 fully saturated rings. The lowest BCUT2D eigenvalue weighted by Crippen LogP contribution is -2.17. The molecule has 0 bridgehead atoms. The Morgan fingerprint density at radius 1 is 0.939 bits per heavy atom. The summed E-state index contributed by atoms with van der Waals surface area (Å²) >= 11 is 0. The minimum absolute atomic E-state index is 0.000733. The van der Waals surface area contributed by atoms with Crippen molar-refractivity contribution in [3.05, 3.63) is 88.5 Å². The van der Waals surface area contributed by atoms with Crippen molar-refractivity contribution in [3.8, 4) is 23.0 Å².